The summed E-state index contributed by atoms with van der Waals surface area (Å²) in [6, 6.07) is 178. The monoisotopic (exact) mass is 1600 g/mol. The predicted octanol–water partition coefficient (Wildman–Crippen LogP) is 20.9. The normalized spacial score (nSPS) is 12.7. The molecule has 0 aliphatic carbocycles. The van der Waals surface area contributed by atoms with E-state index in [1.807, 2.05) is 0 Å². The van der Waals surface area contributed by atoms with Crippen molar-refractivity contribution >= 4 is 202 Å². The second-order valence-corrected chi connectivity index (χ2v) is 40.4. The van der Waals surface area contributed by atoms with Crippen molar-refractivity contribution in [1.29, 1.82) is 0 Å². The van der Waals surface area contributed by atoms with E-state index >= 15 is 0 Å². The SMILES string of the molecule is c1ccc([Si](c2ccccc2)(c2ccccc2)c2ccccc2N2c3ccc(-n4c5ccccc5c5cccc(-n6c7ccccc7c7ccccc76)c54)cc3B3c4cc(-n5c6ccccc6c6cccc(-n7c8ccccc8c8ccccc87)c65)ccc4N(c4ccccc4[Si](c4ccccc4)(c4ccccc4)c4ccccc4)c4cccc2c43)cc1. The number of fused-ring (bicyclic) bond motifs is 16. The standard InChI is InChI=1S/C114H77BN6Si2/c1-7-38-80(39-8-1)122(81-40-9-2-10-41-81,82-42-11-3-12-43-82)110-70-33-31-64-104(110)120-102-74-72-78(116-96-58-25-23-54-90(96)92-56-35-68-108(113(92)116)118-98-60-27-19-50-86(98)87-51-20-28-61-99(87)118)76-94(102)115-95-77-79(117-97-59-26-24-55-91(97)93-57-36-69-109(114(93)117)119-100-62-29-21-52-88(100)89-53-22-30-63-101(89)119)73-75-103(95)121(107-67-37-66-106(120)112(107)115)105-65-32-34-71-111(105)123(83-44-13-4-14-45-83,84-46-15-5-16-47-84)85-48-17-6-18-49-85/h1-77H. The van der Waals surface area contributed by atoms with Gasteiger partial charge in [-0.3, -0.25) is 0 Å². The van der Waals surface area contributed by atoms with Crippen molar-refractivity contribution in [1.82, 2.24) is 18.3 Å². The van der Waals surface area contributed by atoms with E-state index < -0.39 is 16.1 Å². The van der Waals surface area contributed by atoms with Gasteiger partial charge in [-0.2, -0.15) is 0 Å². The molecule has 0 amide bonds. The molecule has 0 radical (unpaired) electrons. The zero-order valence-electron chi connectivity index (χ0n) is 67.2. The van der Waals surface area contributed by atoms with Crippen molar-refractivity contribution in [3.63, 3.8) is 0 Å². The Bertz CT molecular complexity index is 7390. The van der Waals surface area contributed by atoms with Gasteiger partial charge in [0.1, 0.15) is 0 Å². The molecule has 574 valence electrons. The lowest BCUT2D eigenvalue weighted by atomic mass is 9.33. The number of nitrogens with zero attached hydrogens (tertiary/aromatic N) is 6. The Kier molecular flexibility index (Phi) is 16.1. The highest BCUT2D eigenvalue weighted by Gasteiger charge is 2.50. The van der Waals surface area contributed by atoms with E-state index in [-0.39, 0.29) is 6.71 Å². The molecule has 0 spiro atoms. The van der Waals surface area contributed by atoms with Gasteiger partial charge in [0, 0.05) is 88.6 Å². The molecule has 23 aromatic rings. The average Bonchev–Trinajstić information content (AvgIpc) is 1.68. The minimum absolute atomic E-state index is 0.374. The summed E-state index contributed by atoms with van der Waals surface area (Å²) in [5, 5.41) is 20.0. The van der Waals surface area contributed by atoms with Crippen LogP contribution in [0.2, 0.25) is 0 Å². The van der Waals surface area contributed by atoms with Gasteiger partial charge in [0.05, 0.1) is 55.5 Å². The second kappa shape index (κ2) is 28.1. The van der Waals surface area contributed by atoms with Crippen molar-refractivity contribution in [2.24, 2.45) is 0 Å². The molecule has 19 aromatic carbocycles. The topological polar surface area (TPSA) is 26.2 Å². The Labute approximate surface area is 714 Å². The second-order valence-electron chi connectivity index (χ2n) is 32.8. The Hall–Kier alpha value is -15.5. The fourth-order valence-electron chi connectivity index (χ4n) is 22.0. The maximum atomic E-state index is 2.70. The van der Waals surface area contributed by atoms with E-state index in [2.05, 4.69) is 495 Å². The van der Waals surface area contributed by atoms with Gasteiger partial charge in [-0.1, -0.05) is 358 Å². The molecule has 0 atom stereocenters. The van der Waals surface area contributed by atoms with Gasteiger partial charge >= 0.3 is 0 Å². The summed E-state index contributed by atoms with van der Waals surface area (Å²) in [5.41, 5.74) is 23.9. The molecule has 0 saturated heterocycles. The van der Waals surface area contributed by atoms with Gasteiger partial charge in [-0.15, -0.1) is 0 Å². The summed E-state index contributed by atoms with van der Waals surface area (Å²) >= 11 is 0. The maximum absolute atomic E-state index is 3.33. The van der Waals surface area contributed by atoms with E-state index in [4.69, 9.17) is 0 Å². The van der Waals surface area contributed by atoms with Crippen molar-refractivity contribution in [3.05, 3.63) is 467 Å². The van der Waals surface area contributed by atoms with Crippen LogP contribution in [0.5, 0.6) is 0 Å². The number of hydrogen-bond acceptors (Lipinski definition) is 2. The van der Waals surface area contributed by atoms with E-state index in [0.717, 1.165) is 101 Å². The Balaban J connectivity index is 0.833. The summed E-state index contributed by atoms with van der Waals surface area (Å²) in [6.07, 6.45) is 0. The van der Waals surface area contributed by atoms with Crippen LogP contribution >= 0.6 is 0 Å². The largest absolute Gasteiger partial charge is 0.312 e. The van der Waals surface area contributed by atoms with Crippen LogP contribution in [-0.2, 0) is 0 Å². The third kappa shape index (κ3) is 10.3. The highest BCUT2D eigenvalue weighted by Crippen LogP contribution is 2.48. The van der Waals surface area contributed by atoms with Gasteiger partial charge in [0.15, 0.2) is 16.1 Å². The van der Waals surface area contributed by atoms with Gasteiger partial charge in [0.25, 0.3) is 6.71 Å². The molecule has 6 heterocycles. The van der Waals surface area contributed by atoms with Crippen LogP contribution in [0.4, 0.5) is 34.1 Å². The van der Waals surface area contributed by atoms with E-state index in [0.29, 0.717) is 0 Å². The fourth-order valence-corrected chi connectivity index (χ4v) is 31.9. The zero-order chi connectivity index (χ0) is 80.9. The summed E-state index contributed by atoms with van der Waals surface area (Å²) < 4.78 is 10.2. The molecule has 2 aliphatic heterocycles. The van der Waals surface area contributed by atoms with Crippen LogP contribution in [0.1, 0.15) is 0 Å². The van der Waals surface area contributed by atoms with Crippen molar-refractivity contribution in [3.8, 4) is 22.7 Å². The van der Waals surface area contributed by atoms with Crippen molar-refractivity contribution in [2.45, 2.75) is 0 Å². The molecule has 2 aliphatic rings. The first-order chi connectivity index (χ1) is 61.1. The molecule has 0 saturated carbocycles. The third-order valence-corrected chi connectivity index (χ3v) is 36.5. The number of benzene rings is 19. The van der Waals surface area contributed by atoms with Gasteiger partial charge in [-0.05, 0) is 167 Å². The quantitative estimate of drug-likeness (QED) is 0.0801. The van der Waals surface area contributed by atoms with E-state index in [9.17, 15) is 0 Å². The lowest BCUT2D eigenvalue weighted by Gasteiger charge is -2.46. The predicted molar refractivity (Wildman–Crippen MR) is 525 cm³/mol. The number of anilines is 6. The third-order valence-electron chi connectivity index (χ3n) is 26.8. The van der Waals surface area contributed by atoms with Crippen molar-refractivity contribution in [2.75, 3.05) is 9.80 Å². The lowest BCUT2D eigenvalue weighted by molar-refractivity contribution is 1.13. The molecule has 4 aromatic heterocycles. The minimum Gasteiger partial charge on any atom is -0.312 e. The molecule has 6 nitrogen and oxygen atoms in total. The van der Waals surface area contributed by atoms with Gasteiger partial charge in [0.2, 0.25) is 0 Å². The number of aromatic nitrogens is 4. The Morgan fingerprint density at radius 1 is 0.171 bits per heavy atom. The summed E-state index contributed by atoms with van der Waals surface area (Å²) in [6.45, 7) is -0.374. The molecule has 0 N–H and O–H groups in total. The van der Waals surface area contributed by atoms with Crippen LogP contribution < -0.4 is 67.7 Å². The summed E-state index contributed by atoms with van der Waals surface area (Å²) in [5.74, 6) is 0. The number of para-hydroxylation sites is 10. The van der Waals surface area contributed by atoms with Gasteiger partial charge < -0.3 is 28.1 Å². The highest BCUT2D eigenvalue weighted by molar-refractivity contribution is 7.21. The minimum atomic E-state index is -3.33. The zero-order valence-corrected chi connectivity index (χ0v) is 69.2. The van der Waals surface area contributed by atoms with Crippen LogP contribution in [0.25, 0.3) is 110 Å². The first kappa shape index (κ1) is 70.5. The molecular formula is C114H77BN6Si2. The average molecular weight is 1600 g/mol. The Morgan fingerprint density at radius 2 is 0.407 bits per heavy atom. The number of rotatable bonds is 14. The molecule has 25 rings (SSSR count). The molecule has 0 bridgehead atoms. The first-order valence-electron chi connectivity index (χ1n) is 42.7. The van der Waals surface area contributed by atoms with Crippen LogP contribution in [0, 0.1) is 0 Å². The Morgan fingerprint density at radius 3 is 0.724 bits per heavy atom. The molecule has 9 heteroatoms. The molecule has 123 heavy (non-hydrogen) atoms. The summed E-state index contributed by atoms with van der Waals surface area (Å²) in [7, 11) is -6.66. The highest BCUT2D eigenvalue weighted by atomic mass is 28.3. The van der Waals surface area contributed by atoms with Crippen LogP contribution in [0.15, 0.2) is 467 Å². The van der Waals surface area contributed by atoms with Gasteiger partial charge in [-0.25, -0.2) is 0 Å². The van der Waals surface area contributed by atoms with E-state index in [1.54, 1.807) is 0 Å². The first-order valence-corrected chi connectivity index (χ1v) is 46.7. The summed E-state index contributed by atoms with van der Waals surface area (Å²) in [4.78, 5) is 5.41. The maximum Gasteiger partial charge on any atom is 0.252 e. The molecule has 0 unspecified atom stereocenters. The fraction of sp³-hybridized carbons (Fsp3) is 0. The van der Waals surface area contributed by atoms with Crippen LogP contribution in [-0.4, -0.2) is 41.1 Å². The van der Waals surface area contributed by atoms with Crippen molar-refractivity contribution < 1.29 is 0 Å². The number of hydrogen-bond donors (Lipinski definition) is 0. The molecule has 0 fully saturated rings. The lowest BCUT2D eigenvalue weighted by Crippen LogP contribution is -2.75. The molecular weight excluding hydrogens is 1520 g/mol. The van der Waals surface area contributed by atoms with E-state index in [1.165, 1.54) is 101 Å². The van der Waals surface area contributed by atoms with Crippen LogP contribution in [0.3, 0.4) is 0 Å². The smallest absolute Gasteiger partial charge is 0.252 e.